The lowest BCUT2D eigenvalue weighted by atomic mass is 9.96. The van der Waals surface area contributed by atoms with E-state index in [4.69, 9.17) is 0 Å². The van der Waals surface area contributed by atoms with Gasteiger partial charge in [0.1, 0.15) is 0 Å². The van der Waals surface area contributed by atoms with Crippen molar-refractivity contribution in [3.63, 3.8) is 0 Å². The van der Waals surface area contributed by atoms with Crippen LogP contribution < -0.4 is 10.2 Å². The van der Waals surface area contributed by atoms with Crippen molar-refractivity contribution in [2.45, 2.75) is 45.7 Å². The van der Waals surface area contributed by atoms with Gasteiger partial charge in [-0.1, -0.05) is 6.07 Å². The molecule has 0 radical (unpaired) electrons. The van der Waals surface area contributed by atoms with Gasteiger partial charge in [0, 0.05) is 22.6 Å². The average Bonchev–Trinajstić information content (AvgIpc) is 2.39. The Morgan fingerprint density at radius 1 is 1.39 bits per heavy atom. The predicted octanol–water partition coefficient (Wildman–Crippen LogP) is 3.72. The van der Waals surface area contributed by atoms with Crippen molar-refractivity contribution in [2.75, 3.05) is 18.0 Å². The van der Waals surface area contributed by atoms with E-state index in [-0.39, 0.29) is 5.54 Å². The Kier molecular flexibility index (Phi) is 4.02. The molecule has 0 aromatic heterocycles. The van der Waals surface area contributed by atoms with Gasteiger partial charge in [0.15, 0.2) is 0 Å². The molecule has 2 rings (SSSR count). The molecule has 0 bridgehead atoms. The molecule has 0 amide bonds. The molecule has 1 aliphatic rings. The fraction of sp³-hybridized carbons (Fsp3) is 0.600. The molecule has 1 unspecified atom stereocenters. The summed E-state index contributed by atoms with van der Waals surface area (Å²) in [6.45, 7) is 11.2. The maximum atomic E-state index is 3.73. The molecule has 1 aliphatic heterocycles. The fourth-order valence-corrected chi connectivity index (χ4v) is 3.57. The van der Waals surface area contributed by atoms with Crippen molar-refractivity contribution >= 4 is 21.6 Å². The van der Waals surface area contributed by atoms with E-state index in [1.807, 2.05) is 0 Å². The average molecular weight is 311 g/mol. The number of nitrogens with one attached hydrogen (secondary N) is 1. The highest BCUT2D eigenvalue weighted by atomic mass is 79.9. The van der Waals surface area contributed by atoms with Gasteiger partial charge in [0.05, 0.1) is 5.69 Å². The second-order valence-electron chi connectivity index (χ2n) is 5.94. The molecule has 1 saturated heterocycles. The second-order valence-corrected chi connectivity index (χ2v) is 6.79. The van der Waals surface area contributed by atoms with Gasteiger partial charge in [0.25, 0.3) is 0 Å². The lowest BCUT2D eigenvalue weighted by molar-refractivity contribution is 0.426. The topological polar surface area (TPSA) is 15.3 Å². The molecule has 100 valence electrons. The zero-order chi connectivity index (χ0) is 13.3. The maximum Gasteiger partial charge on any atom is 0.0518 e. The monoisotopic (exact) mass is 310 g/mol. The summed E-state index contributed by atoms with van der Waals surface area (Å²) in [5.74, 6) is 0. The summed E-state index contributed by atoms with van der Waals surface area (Å²) >= 11 is 3.73. The van der Waals surface area contributed by atoms with E-state index in [0.717, 1.165) is 19.5 Å². The van der Waals surface area contributed by atoms with Crippen molar-refractivity contribution < 1.29 is 0 Å². The van der Waals surface area contributed by atoms with E-state index in [2.05, 4.69) is 72.0 Å². The summed E-state index contributed by atoms with van der Waals surface area (Å²) in [5.41, 5.74) is 2.78. The molecular formula is C15H23BrN2. The lowest BCUT2D eigenvalue weighted by Crippen LogP contribution is -2.49. The third kappa shape index (κ3) is 2.72. The van der Waals surface area contributed by atoms with Crippen LogP contribution in [0.4, 0.5) is 5.69 Å². The Morgan fingerprint density at radius 2 is 2.11 bits per heavy atom. The van der Waals surface area contributed by atoms with Crippen LogP contribution >= 0.6 is 15.9 Å². The summed E-state index contributed by atoms with van der Waals surface area (Å²) in [6, 6.07) is 7.14. The summed E-state index contributed by atoms with van der Waals surface area (Å²) in [5, 5.41) is 3.53. The van der Waals surface area contributed by atoms with Crippen LogP contribution in [0.1, 0.15) is 32.8 Å². The maximum absolute atomic E-state index is 3.73. The second kappa shape index (κ2) is 5.22. The van der Waals surface area contributed by atoms with E-state index in [9.17, 15) is 0 Å². The zero-order valence-corrected chi connectivity index (χ0v) is 13.3. The fourth-order valence-electron chi connectivity index (χ4n) is 2.88. The normalized spacial score (nSPS) is 23.8. The summed E-state index contributed by atoms with van der Waals surface area (Å²) in [4.78, 5) is 2.55. The summed E-state index contributed by atoms with van der Waals surface area (Å²) in [7, 11) is 0. The van der Waals surface area contributed by atoms with Crippen LogP contribution in [0.15, 0.2) is 22.7 Å². The first kappa shape index (κ1) is 13.9. The van der Waals surface area contributed by atoms with Crippen molar-refractivity contribution in [2.24, 2.45) is 0 Å². The summed E-state index contributed by atoms with van der Waals surface area (Å²) < 4.78 is 1.20. The standard InChI is InChI=1S/C15H23BrN2/c1-11-5-6-14(13(16)9-11)18-12(2)10-17-8-7-15(18,3)4/h5-6,9,12,17H,7-8,10H2,1-4H3. The van der Waals surface area contributed by atoms with Crippen LogP contribution in [-0.4, -0.2) is 24.7 Å². The Balaban J connectivity index is 2.43. The van der Waals surface area contributed by atoms with Gasteiger partial charge in [0.2, 0.25) is 0 Å². The minimum Gasteiger partial charge on any atom is -0.361 e. The van der Waals surface area contributed by atoms with Gasteiger partial charge in [-0.15, -0.1) is 0 Å². The van der Waals surface area contributed by atoms with Gasteiger partial charge >= 0.3 is 0 Å². The Labute approximate surface area is 119 Å². The molecule has 1 aromatic carbocycles. The number of hydrogen-bond donors (Lipinski definition) is 1. The first-order valence-corrected chi connectivity index (χ1v) is 7.47. The van der Waals surface area contributed by atoms with Crippen LogP contribution in [0.25, 0.3) is 0 Å². The molecule has 0 aliphatic carbocycles. The Bertz CT molecular complexity index is 429. The molecule has 1 fully saturated rings. The van der Waals surface area contributed by atoms with Crippen molar-refractivity contribution in [3.05, 3.63) is 28.2 Å². The molecule has 1 heterocycles. The molecule has 1 N–H and O–H groups in total. The quantitative estimate of drug-likeness (QED) is 0.850. The molecule has 18 heavy (non-hydrogen) atoms. The SMILES string of the molecule is Cc1ccc(N2C(C)CNCCC2(C)C)c(Br)c1. The highest BCUT2D eigenvalue weighted by Gasteiger charge is 2.33. The number of rotatable bonds is 1. The minimum absolute atomic E-state index is 0.181. The molecule has 1 atom stereocenters. The van der Waals surface area contributed by atoms with Gasteiger partial charge in [-0.25, -0.2) is 0 Å². The Morgan fingerprint density at radius 3 is 2.78 bits per heavy atom. The van der Waals surface area contributed by atoms with Gasteiger partial charge in [-0.3, -0.25) is 0 Å². The molecule has 0 saturated carbocycles. The van der Waals surface area contributed by atoms with Crippen LogP contribution in [0.2, 0.25) is 0 Å². The van der Waals surface area contributed by atoms with Crippen LogP contribution in [0.3, 0.4) is 0 Å². The van der Waals surface area contributed by atoms with E-state index in [1.165, 1.54) is 15.7 Å². The van der Waals surface area contributed by atoms with E-state index < -0.39 is 0 Å². The largest absolute Gasteiger partial charge is 0.361 e. The van der Waals surface area contributed by atoms with Crippen LogP contribution in [-0.2, 0) is 0 Å². The number of hydrogen-bond acceptors (Lipinski definition) is 2. The number of halogens is 1. The van der Waals surface area contributed by atoms with Crippen LogP contribution in [0, 0.1) is 6.92 Å². The third-order valence-corrected chi connectivity index (χ3v) is 4.44. The molecule has 0 spiro atoms. The molecule has 3 heteroatoms. The smallest absolute Gasteiger partial charge is 0.0518 e. The Hall–Kier alpha value is -0.540. The van der Waals surface area contributed by atoms with E-state index in [0.29, 0.717) is 6.04 Å². The van der Waals surface area contributed by atoms with Gasteiger partial charge < -0.3 is 10.2 Å². The number of aryl methyl sites for hydroxylation is 1. The number of benzene rings is 1. The summed E-state index contributed by atoms with van der Waals surface area (Å²) in [6.07, 6.45) is 1.16. The lowest BCUT2D eigenvalue weighted by Gasteiger charge is -2.43. The number of anilines is 1. The van der Waals surface area contributed by atoms with Gasteiger partial charge in [-0.05, 0) is 74.3 Å². The van der Waals surface area contributed by atoms with E-state index in [1.54, 1.807) is 0 Å². The highest BCUT2D eigenvalue weighted by molar-refractivity contribution is 9.10. The first-order chi connectivity index (χ1) is 8.42. The molecular weight excluding hydrogens is 288 g/mol. The number of nitrogens with zero attached hydrogens (tertiary/aromatic N) is 1. The van der Waals surface area contributed by atoms with Gasteiger partial charge in [-0.2, -0.15) is 0 Å². The molecule has 2 nitrogen and oxygen atoms in total. The predicted molar refractivity (Wildman–Crippen MR) is 82.4 cm³/mol. The zero-order valence-electron chi connectivity index (χ0n) is 11.8. The van der Waals surface area contributed by atoms with Crippen LogP contribution in [0.5, 0.6) is 0 Å². The van der Waals surface area contributed by atoms with Crippen molar-refractivity contribution in [1.82, 2.24) is 5.32 Å². The van der Waals surface area contributed by atoms with Crippen molar-refractivity contribution in [1.29, 1.82) is 0 Å². The highest BCUT2D eigenvalue weighted by Crippen LogP contribution is 2.35. The van der Waals surface area contributed by atoms with E-state index >= 15 is 0 Å². The minimum atomic E-state index is 0.181. The molecule has 1 aromatic rings. The third-order valence-electron chi connectivity index (χ3n) is 3.81. The first-order valence-electron chi connectivity index (χ1n) is 6.68. The van der Waals surface area contributed by atoms with Crippen molar-refractivity contribution in [3.8, 4) is 0 Å².